The van der Waals surface area contributed by atoms with Crippen molar-refractivity contribution in [2.45, 2.75) is 32.7 Å². The molecule has 21 heavy (non-hydrogen) atoms. The SMILES string of the molecule is Cc1cc(Cl)c(C(=O)N2CCC[C@H]3C(=O)NC[C@H]32)cc1C. The molecule has 0 bridgehead atoms. The second kappa shape index (κ2) is 5.34. The Bertz CT molecular complexity index is 615. The highest BCUT2D eigenvalue weighted by molar-refractivity contribution is 6.34. The minimum Gasteiger partial charge on any atom is -0.354 e. The summed E-state index contributed by atoms with van der Waals surface area (Å²) in [5.74, 6) is -0.0500. The van der Waals surface area contributed by atoms with Gasteiger partial charge in [0.25, 0.3) is 5.91 Å². The first-order chi connectivity index (χ1) is 9.99. The standard InChI is InChI=1S/C16H19ClN2O2/c1-9-6-12(13(17)7-10(9)2)16(21)19-5-3-4-11-14(19)8-18-15(11)20/h6-7,11,14H,3-5,8H2,1-2H3,(H,18,20)/t11-,14-/m1/s1. The van der Waals surface area contributed by atoms with Crippen molar-refractivity contribution in [3.63, 3.8) is 0 Å². The number of rotatable bonds is 1. The normalized spacial score (nSPS) is 24.7. The molecule has 2 aliphatic heterocycles. The lowest BCUT2D eigenvalue weighted by Gasteiger charge is -2.36. The molecule has 0 spiro atoms. The van der Waals surface area contributed by atoms with Crippen LogP contribution in [0.5, 0.6) is 0 Å². The molecule has 1 aromatic carbocycles. The zero-order chi connectivity index (χ0) is 15.1. The van der Waals surface area contributed by atoms with Crippen molar-refractivity contribution in [3.8, 4) is 0 Å². The highest BCUT2D eigenvalue weighted by atomic mass is 35.5. The molecule has 112 valence electrons. The number of aryl methyl sites for hydroxylation is 2. The summed E-state index contributed by atoms with van der Waals surface area (Å²) in [4.78, 5) is 26.5. The first-order valence-corrected chi connectivity index (χ1v) is 7.72. The van der Waals surface area contributed by atoms with Gasteiger partial charge >= 0.3 is 0 Å². The summed E-state index contributed by atoms with van der Waals surface area (Å²) in [5.41, 5.74) is 2.67. The largest absolute Gasteiger partial charge is 0.354 e. The highest BCUT2D eigenvalue weighted by Crippen LogP contribution is 2.30. The summed E-state index contributed by atoms with van der Waals surface area (Å²) in [6.45, 7) is 5.20. The number of carbonyl (C=O) groups is 2. The molecule has 0 radical (unpaired) electrons. The van der Waals surface area contributed by atoms with Crippen molar-refractivity contribution in [1.82, 2.24) is 10.2 Å². The number of amides is 2. The molecule has 2 saturated heterocycles. The maximum atomic E-state index is 12.8. The summed E-state index contributed by atoms with van der Waals surface area (Å²) >= 11 is 6.26. The van der Waals surface area contributed by atoms with E-state index in [1.54, 1.807) is 0 Å². The maximum absolute atomic E-state index is 12.8. The van der Waals surface area contributed by atoms with Gasteiger partial charge in [0.05, 0.1) is 22.5 Å². The maximum Gasteiger partial charge on any atom is 0.255 e. The van der Waals surface area contributed by atoms with E-state index >= 15 is 0 Å². The molecular weight excluding hydrogens is 288 g/mol. The van der Waals surface area contributed by atoms with E-state index < -0.39 is 0 Å². The molecule has 0 aromatic heterocycles. The number of nitrogens with zero attached hydrogens (tertiary/aromatic N) is 1. The minimum atomic E-state index is -0.0620. The smallest absolute Gasteiger partial charge is 0.255 e. The molecule has 1 aromatic rings. The summed E-state index contributed by atoms with van der Waals surface area (Å²) in [6.07, 6.45) is 1.73. The zero-order valence-corrected chi connectivity index (χ0v) is 13.0. The van der Waals surface area contributed by atoms with Gasteiger partial charge < -0.3 is 10.2 Å². The molecule has 2 heterocycles. The fourth-order valence-electron chi connectivity index (χ4n) is 3.30. The van der Waals surface area contributed by atoms with E-state index in [0.29, 0.717) is 23.7 Å². The number of hydrogen-bond donors (Lipinski definition) is 1. The lowest BCUT2D eigenvalue weighted by Crippen LogP contribution is -2.48. The molecule has 2 atom stereocenters. The number of nitrogens with one attached hydrogen (secondary N) is 1. The number of carbonyl (C=O) groups excluding carboxylic acids is 2. The van der Waals surface area contributed by atoms with Gasteiger partial charge in [-0.3, -0.25) is 9.59 Å². The Labute approximate surface area is 129 Å². The van der Waals surface area contributed by atoms with E-state index in [9.17, 15) is 9.59 Å². The van der Waals surface area contributed by atoms with E-state index in [0.717, 1.165) is 24.0 Å². The van der Waals surface area contributed by atoms with Crippen LogP contribution in [0, 0.1) is 19.8 Å². The van der Waals surface area contributed by atoms with Crippen LogP contribution in [0.1, 0.15) is 34.3 Å². The van der Waals surface area contributed by atoms with Crippen LogP contribution < -0.4 is 5.32 Å². The van der Waals surface area contributed by atoms with E-state index in [4.69, 9.17) is 11.6 Å². The first-order valence-electron chi connectivity index (χ1n) is 7.34. The number of hydrogen-bond acceptors (Lipinski definition) is 2. The third-order valence-electron chi connectivity index (χ3n) is 4.68. The van der Waals surface area contributed by atoms with Gasteiger partial charge in [-0.05, 0) is 49.9 Å². The highest BCUT2D eigenvalue weighted by Gasteiger charge is 2.42. The van der Waals surface area contributed by atoms with Gasteiger partial charge in [-0.25, -0.2) is 0 Å². The van der Waals surface area contributed by atoms with Crippen LogP contribution in [0.2, 0.25) is 5.02 Å². The Balaban J connectivity index is 1.91. The number of fused-ring (bicyclic) bond motifs is 1. The Morgan fingerprint density at radius 3 is 2.81 bits per heavy atom. The fourth-order valence-corrected chi connectivity index (χ4v) is 3.60. The Morgan fingerprint density at radius 1 is 1.33 bits per heavy atom. The van der Waals surface area contributed by atoms with Crippen molar-refractivity contribution in [2.75, 3.05) is 13.1 Å². The predicted molar refractivity (Wildman–Crippen MR) is 81.5 cm³/mol. The molecule has 3 rings (SSSR count). The summed E-state index contributed by atoms with van der Waals surface area (Å²) in [7, 11) is 0. The molecule has 2 fully saturated rings. The van der Waals surface area contributed by atoms with Crippen LogP contribution >= 0.6 is 11.6 Å². The van der Waals surface area contributed by atoms with E-state index in [1.165, 1.54) is 0 Å². The summed E-state index contributed by atoms with van der Waals surface area (Å²) < 4.78 is 0. The topological polar surface area (TPSA) is 49.4 Å². The molecule has 1 N–H and O–H groups in total. The number of halogens is 1. The Morgan fingerprint density at radius 2 is 2.05 bits per heavy atom. The number of piperidine rings is 1. The average molecular weight is 307 g/mol. The molecular formula is C16H19ClN2O2. The lowest BCUT2D eigenvalue weighted by molar-refractivity contribution is -0.123. The number of likely N-dealkylation sites (tertiary alicyclic amines) is 1. The van der Waals surface area contributed by atoms with Crippen molar-refractivity contribution in [1.29, 1.82) is 0 Å². The second-order valence-corrected chi connectivity index (χ2v) is 6.38. The molecule has 2 aliphatic rings. The first kappa shape index (κ1) is 14.4. The quantitative estimate of drug-likeness (QED) is 0.865. The third-order valence-corrected chi connectivity index (χ3v) is 4.99. The van der Waals surface area contributed by atoms with Crippen LogP contribution in [-0.2, 0) is 4.79 Å². The Kier molecular flexibility index (Phi) is 3.66. The molecule has 0 aliphatic carbocycles. The van der Waals surface area contributed by atoms with Crippen LogP contribution in [0.25, 0.3) is 0 Å². The van der Waals surface area contributed by atoms with Gasteiger partial charge in [-0.15, -0.1) is 0 Å². The average Bonchev–Trinajstić information content (AvgIpc) is 2.84. The molecule has 0 saturated carbocycles. The van der Waals surface area contributed by atoms with Gasteiger partial charge in [0.2, 0.25) is 5.91 Å². The van der Waals surface area contributed by atoms with Gasteiger partial charge in [0.1, 0.15) is 0 Å². The van der Waals surface area contributed by atoms with Crippen molar-refractivity contribution >= 4 is 23.4 Å². The van der Waals surface area contributed by atoms with Gasteiger partial charge in [-0.1, -0.05) is 11.6 Å². The van der Waals surface area contributed by atoms with E-state index in [-0.39, 0.29) is 23.8 Å². The molecule has 4 nitrogen and oxygen atoms in total. The zero-order valence-electron chi connectivity index (χ0n) is 12.3. The van der Waals surface area contributed by atoms with Crippen LogP contribution in [-0.4, -0.2) is 35.8 Å². The predicted octanol–water partition coefficient (Wildman–Crippen LogP) is 2.31. The molecule has 2 amide bonds. The van der Waals surface area contributed by atoms with Crippen molar-refractivity contribution in [3.05, 3.63) is 33.8 Å². The van der Waals surface area contributed by atoms with Gasteiger partial charge in [0, 0.05) is 13.1 Å². The Hall–Kier alpha value is -1.55. The molecule has 5 heteroatoms. The van der Waals surface area contributed by atoms with Crippen molar-refractivity contribution < 1.29 is 9.59 Å². The van der Waals surface area contributed by atoms with E-state index in [1.807, 2.05) is 30.9 Å². The summed E-state index contributed by atoms with van der Waals surface area (Å²) in [6, 6.07) is 3.66. The lowest BCUT2D eigenvalue weighted by atomic mass is 9.90. The molecule has 0 unspecified atom stereocenters. The second-order valence-electron chi connectivity index (χ2n) is 5.98. The summed E-state index contributed by atoms with van der Waals surface area (Å²) in [5, 5.41) is 3.36. The fraction of sp³-hybridized carbons (Fsp3) is 0.500. The van der Waals surface area contributed by atoms with Crippen molar-refractivity contribution in [2.24, 2.45) is 5.92 Å². The van der Waals surface area contributed by atoms with Gasteiger partial charge in [-0.2, -0.15) is 0 Å². The van der Waals surface area contributed by atoms with Gasteiger partial charge in [0.15, 0.2) is 0 Å². The van der Waals surface area contributed by atoms with Crippen LogP contribution in [0.15, 0.2) is 12.1 Å². The van der Waals surface area contributed by atoms with Crippen LogP contribution in [0.3, 0.4) is 0 Å². The minimum absolute atomic E-state index is 0.0311. The van der Waals surface area contributed by atoms with Crippen LogP contribution in [0.4, 0.5) is 0 Å². The number of benzene rings is 1. The monoisotopic (exact) mass is 306 g/mol. The third kappa shape index (κ3) is 2.42. The van der Waals surface area contributed by atoms with E-state index in [2.05, 4.69) is 5.32 Å².